The highest BCUT2D eigenvalue weighted by atomic mass is 127. The summed E-state index contributed by atoms with van der Waals surface area (Å²) in [7, 11) is 1.81. The minimum atomic E-state index is 0. The van der Waals surface area contributed by atoms with Gasteiger partial charge < -0.3 is 10.6 Å². The van der Waals surface area contributed by atoms with Gasteiger partial charge >= 0.3 is 0 Å². The van der Waals surface area contributed by atoms with Gasteiger partial charge in [0.2, 0.25) is 0 Å². The maximum absolute atomic E-state index is 4.22. The van der Waals surface area contributed by atoms with Crippen molar-refractivity contribution in [2.24, 2.45) is 4.99 Å². The normalized spacial score (nSPS) is 11.2. The van der Waals surface area contributed by atoms with E-state index in [0.717, 1.165) is 45.1 Å². The maximum atomic E-state index is 4.22. The van der Waals surface area contributed by atoms with Crippen LogP contribution >= 0.6 is 24.0 Å². The van der Waals surface area contributed by atoms with E-state index in [4.69, 9.17) is 0 Å². The summed E-state index contributed by atoms with van der Waals surface area (Å²) in [6.07, 6.45) is 1.10. The van der Waals surface area contributed by atoms with Gasteiger partial charge in [0, 0.05) is 26.7 Å². The van der Waals surface area contributed by atoms with Crippen LogP contribution in [0.1, 0.15) is 38.3 Å². The van der Waals surface area contributed by atoms with Crippen LogP contribution in [-0.4, -0.2) is 37.5 Å². The molecule has 0 aromatic heterocycles. The molecule has 2 N–H and O–H groups in total. The molecule has 1 rings (SSSR count). The minimum Gasteiger partial charge on any atom is -0.356 e. The Morgan fingerprint density at radius 1 is 1.09 bits per heavy atom. The van der Waals surface area contributed by atoms with Crippen LogP contribution in [0.3, 0.4) is 0 Å². The monoisotopic (exact) mass is 418 g/mol. The van der Waals surface area contributed by atoms with Gasteiger partial charge in [0.25, 0.3) is 0 Å². The molecule has 4 nitrogen and oxygen atoms in total. The predicted molar refractivity (Wildman–Crippen MR) is 107 cm³/mol. The second-order valence-electron chi connectivity index (χ2n) is 5.13. The zero-order chi connectivity index (χ0) is 15.5. The van der Waals surface area contributed by atoms with Crippen LogP contribution in [0.25, 0.3) is 0 Å². The highest BCUT2D eigenvalue weighted by molar-refractivity contribution is 14.0. The molecule has 0 amide bonds. The number of nitrogens with zero attached hydrogens (tertiary/aromatic N) is 2. The zero-order valence-corrected chi connectivity index (χ0v) is 16.7. The first-order valence-corrected chi connectivity index (χ1v) is 7.98. The van der Waals surface area contributed by atoms with Crippen LogP contribution in [0, 0.1) is 0 Å². The van der Waals surface area contributed by atoms with E-state index in [0.29, 0.717) is 0 Å². The fraction of sp³-hybridized carbons (Fsp3) is 0.588. The molecule has 0 saturated heterocycles. The molecule has 0 unspecified atom stereocenters. The number of nitrogens with one attached hydrogen (secondary N) is 2. The van der Waals surface area contributed by atoms with Gasteiger partial charge in [-0.1, -0.05) is 45.0 Å². The van der Waals surface area contributed by atoms with Gasteiger partial charge in [-0.05, 0) is 30.6 Å². The molecular formula is C17H31IN4. The van der Waals surface area contributed by atoms with Crippen LogP contribution < -0.4 is 10.6 Å². The Morgan fingerprint density at radius 3 is 2.36 bits per heavy atom. The first-order chi connectivity index (χ1) is 10.2. The fourth-order valence-corrected chi connectivity index (χ4v) is 2.19. The summed E-state index contributed by atoms with van der Waals surface area (Å²) >= 11 is 0. The zero-order valence-electron chi connectivity index (χ0n) is 14.4. The fourth-order valence-electron chi connectivity index (χ4n) is 2.19. The van der Waals surface area contributed by atoms with Crippen molar-refractivity contribution in [1.82, 2.24) is 15.5 Å². The Morgan fingerprint density at radius 2 is 1.77 bits per heavy atom. The van der Waals surface area contributed by atoms with Crippen molar-refractivity contribution in [3.8, 4) is 0 Å². The van der Waals surface area contributed by atoms with Gasteiger partial charge in [-0.2, -0.15) is 0 Å². The van der Waals surface area contributed by atoms with Crippen molar-refractivity contribution in [3.05, 3.63) is 35.4 Å². The molecule has 0 atom stereocenters. The quantitative estimate of drug-likeness (QED) is 0.387. The lowest BCUT2D eigenvalue weighted by atomic mass is 10.1. The van der Waals surface area contributed by atoms with Crippen molar-refractivity contribution in [1.29, 1.82) is 0 Å². The molecule has 126 valence electrons. The largest absolute Gasteiger partial charge is 0.356 e. The Labute approximate surface area is 152 Å². The van der Waals surface area contributed by atoms with Crippen molar-refractivity contribution in [2.75, 3.05) is 26.7 Å². The molecule has 0 fully saturated rings. The van der Waals surface area contributed by atoms with Crippen LogP contribution in [0.5, 0.6) is 0 Å². The van der Waals surface area contributed by atoms with Crippen molar-refractivity contribution in [3.63, 3.8) is 0 Å². The molecule has 22 heavy (non-hydrogen) atoms. The van der Waals surface area contributed by atoms with E-state index in [1.807, 2.05) is 7.05 Å². The van der Waals surface area contributed by atoms with E-state index in [1.165, 1.54) is 11.1 Å². The van der Waals surface area contributed by atoms with Crippen LogP contribution in [0.15, 0.2) is 29.3 Å². The molecule has 0 radical (unpaired) electrons. The van der Waals surface area contributed by atoms with Crippen molar-refractivity contribution < 1.29 is 0 Å². The van der Waals surface area contributed by atoms with E-state index >= 15 is 0 Å². The number of aliphatic imine (C=N–C) groups is 1. The van der Waals surface area contributed by atoms with Crippen LogP contribution in [0.4, 0.5) is 0 Å². The summed E-state index contributed by atoms with van der Waals surface area (Å²) < 4.78 is 0. The molecule has 0 aliphatic rings. The molecule has 5 heteroatoms. The summed E-state index contributed by atoms with van der Waals surface area (Å²) in [5, 5.41) is 6.64. The molecule has 0 spiro atoms. The lowest BCUT2D eigenvalue weighted by molar-refractivity contribution is 0.296. The van der Waals surface area contributed by atoms with Gasteiger partial charge in [-0.15, -0.1) is 24.0 Å². The van der Waals surface area contributed by atoms with E-state index in [-0.39, 0.29) is 24.0 Å². The molecule has 1 aromatic rings. The number of benzene rings is 1. The summed E-state index contributed by atoms with van der Waals surface area (Å²) in [6, 6.07) is 8.77. The van der Waals surface area contributed by atoms with Gasteiger partial charge in [-0.3, -0.25) is 9.89 Å². The number of halogens is 1. The van der Waals surface area contributed by atoms with Gasteiger partial charge in [0.15, 0.2) is 5.96 Å². The molecule has 0 heterocycles. The number of guanidine groups is 1. The van der Waals surface area contributed by atoms with E-state index in [9.17, 15) is 0 Å². The van der Waals surface area contributed by atoms with Gasteiger partial charge in [0.05, 0.1) is 0 Å². The van der Waals surface area contributed by atoms with Crippen LogP contribution in [-0.2, 0) is 13.1 Å². The molecule has 0 bridgehead atoms. The standard InChI is InChI=1S/C17H30N4.HI/c1-5-11-19-17(18-4)20-13-15-9-8-10-16(12-15)14-21(6-2)7-3;/h8-10,12H,5-7,11,13-14H2,1-4H3,(H2,18,19,20);1H. The van der Waals surface area contributed by atoms with Crippen molar-refractivity contribution >= 4 is 29.9 Å². The first-order valence-electron chi connectivity index (χ1n) is 7.98. The highest BCUT2D eigenvalue weighted by Crippen LogP contribution is 2.08. The predicted octanol–water partition coefficient (Wildman–Crippen LogP) is 3.22. The third-order valence-electron chi connectivity index (χ3n) is 3.52. The summed E-state index contributed by atoms with van der Waals surface area (Å²) in [6.45, 7) is 11.5. The highest BCUT2D eigenvalue weighted by Gasteiger charge is 2.03. The second-order valence-corrected chi connectivity index (χ2v) is 5.13. The Bertz CT molecular complexity index is 430. The maximum Gasteiger partial charge on any atom is 0.191 e. The van der Waals surface area contributed by atoms with E-state index < -0.39 is 0 Å². The Kier molecular flexibility index (Phi) is 12.2. The lowest BCUT2D eigenvalue weighted by Gasteiger charge is -2.18. The van der Waals surface area contributed by atoms with E-state index in [2.05, 4.69) is 65.6 Å². The third kappa shape index (κ3) is 7.98. The molecule has 0 saturated carbocycles. The second kappa shape index (κ2) is 12.7. The lowest BCUT2D eigenvalue weighted by Crippen LogP contribution is -2.37. The molecular weight excluding hydrogens is 387 g/mol. The summed E-state index contributed by atoms with van der Waals surface area (Å²) in [5.74, 6) is 0.867. The number of hydrogen-bond donors (Lipinski definition) is 2. The minimum absolute atomic E-state index is 0. The third-order valence-corrected chi connectivity index (χ3v) is 3.52. The SMILES string of the molecule is CCCNC(=NC)NCc1cccc(CN(CC)CC)c1.I. The van der Waals surface area contributed by atoms with Crippen molar-refractivity contribution in [2.45, 2.75) is 40.3 Å². The first kappa shape index (κ1) is 21.2. The van der Waals surface area contributed by atoms with Crippen LogP contribution in [0.2, 0.25) is 0 Å². The van der Waals surface area contributed by atoms with Gasteiger partial charge in [-0.25, -0.2) is 0 Å². The topological polar surface area (TPSA) is 39.7 Å². The molecule has 1 aromatic carbocycles. The van der Waals surface area contributed by atoms with E-state index in [1.54, 1.807) is 0 Å². The Balaban J connectivity index is 0.00000441. The molecule has 0 aliphatic heterocycles. The Hall–Kier alpha value is -0.820. The summed E-state index contributed by atoms with van der Waals surface area (Å²) in [5.41, 5.74) is 2.66. The number of rotatable bonds is 8. The molecule has 0 aliphatic carbocycles. The average molecular weight is 418 g/mol. The smallest absolute Gasteiger partial charge is 0.191 e. The average Bonchev–Trinajstić information content (AvgIpc) is 2.53. The van der Waals surface area contributed by atoms with Gasteiger partial charge in [0.1, 0.15) is 0 Å². The number of hydrogen-bond acceptors (Lipinski definition) is 2. The summed E-state index contributed by atoms with van der Waals surface area (Å²) in [4.78, 5) is 6.65.